The number of fused-ring (bicyclic) bond motifs is 1. The summed E-state index contributed by atoms with van der Waals surface area (Å²) in [6, 6.07) is 4.11. The molecular formula is C19H29IN4O3. The van der Waals surface area contributed by atoms with Gasteiger partial charge in [-0.25, -0.2) is 0 Å². The predicted molar refractivity (Wildman–Crippen MR) is 116 cm³/mol. The number of benzene rings is 1. The molecule has 150 valence electrons. The van der Waals surface area contributed by atoms with Gasteiger partial charge in [-0.05, 0) is 42.5 Å². The first kappa shape index (κ1) is 21.6. The van der Waals surface area contributed by atoms with Crippen LogP contribution in [0.2, 0.25) is 0 Å². The molecule has 1 amide bonds. The van der Waals surface area contributed by atoms with E-state index in [2.05, 4.69) is 26.6 Å². The van der Waals surface area contributed by atoms with Crippen molar-refractivity contribution in [3.63, 3.8) is 0 Å². The van der Waals surface area contributed by atoms with E-state index >= 15 is 0 Å². The first-order chi connectivity index (χ1) is 12.7. The maximum atomic E-state index is 11.7. The lowest BCUT2D eigenvalue weighted by atomic mass is 9.99. The Balaban J connectivity index is 0.00000261. The molecule has 7 nitrogen and oxygen atoms in total. The van der Waals surface area contributed by atoms with Gasteiger partial charge in [-0.1, -0.05) is 0 Å². The Morgan fingerprint density at radius 1 is 1.15 bits per heavy atom. The molecule has 1 fully saturated rings. The van der Waals surface area contributed by atoms with Gasteiger partial charge >= 0.3 is 0 Å². The number of aliphatic imine (C=N–C) groups is 1. The quantitative estimate of drug-likeness (QED) is 0.277. The molecular weight excluding hydrogens is 459 g/mol. The summed E-state index contributed by atoms with van der Waals surface area (Å²) in [4.78, 5) is 18.3. The van der Waals surface area contributed by atoms with Crippen molar-refractivity contribution in [2.45, 2.75) is 25.8 Å². The number of carbonyl (C=O) groups is 1. The molecule has 0 unspecified atom stereocenters. The maximum absolute atomic E-state index is 11.7. The maximum Gasteiger partial charge on any atom is 0.223 e. The van der Waals surface area contributed by atoms with E-state index in [1.54, 1.807) is 21.3 Å². The number of ether oxygens (including phenoxy) is 2. The molecule has 1 saturated carbocycles. The smallest absolute Gasteiger partial charge is 0.223 e. The Kier molecular flexibility index (Phi) is 8.00. The summed E-state index contributed by atoms with van der Waals surface area (Å²) in [7, 11) is 5.10. The van der Waals surface area contributed by atoms with Crippen LogP contribution in [0.3, 0.4) is 0 Å². The SMILES string of the molecule is CN=C(NCCNC(=O)C1CC1)N1CCc2cc(OC)c(OC)cc2C1.I. The summed E-state index contributed by atoms with van der Waals surface area (Å²) in [6.45, 7) is 2.94. The van der Waals surface area contributed by atoms with E-state index < -0.39 is 0 Å². The number of hydrogen-bond donors (Lipinski definition) is 2. The van der Waals surface area contributed by atoms with Gasteiger partial charge in [0.25, 0.3) is 0 Å². The van der Waals surface area contributed by atoms with Gasteiger partial charge < -0.3 is 25.0 Å². The number of nitrogens with zero attached hydrogens (tertiary/aromatic N) is 2. The molecule has 8 heteroatoms. The van der Waals surface area contributed by atoms with Gasteiger partial charge in [-0.2, -0.15) is 0 Å². The zero-order valence-corrected chi connectivity index (χ0v) is 18.5. The second-order valence-electron chi connectivity index (χ2n) is 6.69. The van der Waals surface area contributed by atoms with E-state index in [9.17, 15) is 4.79 Å². The van der Waals surface area contributed by atoms with Crippen molar-refractivity contribution in [1.82, 2.24) is 15.5 Å². The number of carbonyl (C=O) groups excluding carboxylic acids is 1. The molecule has 0 bridgehead atoms. The molecule has 2 N–H and O–H groups in total. The Hall–Kier alpha value is -1.71. The van der Waals surface area contributed by atoms with Crippen molar-refractivity contribution >= 4 is 35.8 Å². The van der Waals surface area contributed by atoms with E-state index in [1.165, 1.54) is 11.1 Å². The van der Waals surface area contributed by atoms with Crippen LogP contribution in [-0.2, 0) is 17.8 Å². The van der Waals surface area contributed by atoms with Gasteiger partial charge in [-0.3, -0.25) is 9.79 Å². The van der Waals surface area contributed by atoms with Crippen molar-refractivity contribution in [3.05, 3.63) is 23.3 Å². The number of rotatable bonds is 6. The van der Waals surface area contributed by atoms with Gasteiger partial charge in [-0.15, -0.1) is 24.0 Å². The lowest BCUT2D eigenvalue weighted by Gasteiger charge is -2.32. The first-order valence-electron chi connectivity index (χ1n) is 9.13. The third-order valence-corrected chi connectivity index (χ3v) is 4.88. The van der Waals surface area contributed by atoms with Crippen LogP contribution in [0.5, 0.6) is 11.5 Å². The highest BCUT2D eigenvalue weighted by Crippen LogP contribution is 2.33. The fourth-order valence-electron chi connectivity index (χ4n) is 3.25. The van der Waals surface area contributed by atoms with E-state index in [0.29, 0.717) is 13.1 Å². The minimum absolute atomic E-state index is 0. The van der Waals surface area contributed by atoms with E-state index in [4.69, 9.17) is 9.47 Å². The molecule has 1 aliphatic heterocycles. The summed E-state index contributed by atoms with van der Waals surface area (Å²) in [6.07, 6.45) is 2.99. The standard InChI is InChI=1S/C19H28N4O3.HI/c1-20-19(22-8-7-21-18(24)13-4-5-13)23-9-6-14-10-16(25-2)17(26-3)11-15(14)12-23;/h10-11,13H,4-9,12H2,1-3H3,(H,20,22)(H,21,24);1H. The summed E-state index contributed by atoms with van der Waals surface area (Å²) >= 11 is 0. The molecule has 0 radical (unpaired) electrons. The summed E-state index contributed by atoms with van der Waals surface area (Å²) in [5, 5.41) is 6.31. The highest BCUT2D eigenvalue weighted by molar-refractivity contribution is 14.0. The Morgan fingerprint density at radius 3 is 2.37 bits per heavy atom. The molecule has 0 spiro atoms. The molecule has 27 heavy (non-hydrogen) atoms. The monoisotopic (exact) mass is 488 g/mol. The second kappa shape index (κ2) is 10.0. The van der Waals surface area contributed by atoms with Gasteiger partial charge in [0.05, 0.1) is 14.2 Å². The van der Waals surface area contributed by atoms with Gasteiger partial charge in [0, 0.05) is 39.1 Å². The Bertz CT molecular complexity index is 692. The van der Waals surface area contributed by atoms with Crippen LogP contribution in [0.25, 0.3) is 0 Å². The minimum Gasteiger partial charge on any atom is -0.493 e. The van der Waals surface area contributed by atoms with Crippen LogP contribution < -0.4 is 20.1 Å². The number of guanidine groups is 1. The number of amides is 1. The molecule has 1 heterocycles. The normalized spacial score (nSPS) is 16.1. The zero-order chi connectivity index (χ0) is 18.5. The highest BCUT2D eigenvalue weighted by atomic mass is 127. The largest absolute Gasteiger partial charge is 0.493 e. The predicted octanol–water partition coefficient (Wildman–Crippen LogP) is 1.78. The average Bonchev–Trinajstić information content (AvgIpc) is 3.51. The van der Waals surface area contributed by atoms with E-state index in [0.717, 1.165) is 49.8 Å². The fraction of sp³-hybridized carbons (Fsp3) is 0.579. The third kappa shape index (κ3) is 5.40. The average molecular weight is 488 g/mol. The van der Waals surface area contributed by atoms with Crippen molar-refractivity contribution in [1.29, 1.82) is 0 Å². The van der Waals surface area contributed by atoms with Crippen molar-refractivity contribution in [3.8, 4) is 11.5 Å². The molecule has 1 aliphatic carbocycles. The molecule has 3 rings (SSSR count). The molecule has 1 aromatic carbocycles. The molecule has 2 aliphatic rings. The summed E-state index contributed by atoms with van der Waals surface area (Å²) in [5.41, 5.74) is 2.50. The minimum atomic E-state index is 0. The topological polar surface area (TPSA) is 75.2 Å². The Morgan fingerprint density at radius 2 is 1.78 bits per heavy atom. The number of hydrogen-bond acceptors (Lipinski definition) is 4. The number of nitrogens with one attached hydrogen (secondary N) is 2. The summed E-state index contributed by atoms with van der Waals surface area (Å²) in [5.74, 6) is 2.80. The van der Waals surface area contributed by atoms with Crippen LogP contribution in [0, 0.1) is 5.92 Å². The number of methoxy groups -OCH3 is 2. The van der Waals surface area contributed by atoms with Crippen LogP contribution in [0.1, 0.15) is 24.0 Å². The molecule has 1 aromatic rings. The fourth-order valence-corrected chi connectivity index (χ4v) is 3.25. The van der Waals surface area contributed by atoms with E-state index in [1.807, 2.05) is 6.07 Å². The molecule has 0 atom stereocenters. The second-order valence-corrected chi connectivity index (χ2v) is 6.69. The van der Waals surface area contributed by atoms with Gasteiger partial charge in [0.1, 0.15) is 0 Å². The van der Waals surface area contributed by atoms with Crippen molar-refractivity contribution < 1.29 is 14.3 Å². The first-order valence-corrected chi connectivity index (χ1v) is 9.13. The van der Waals surface area contributed by atoms with Crippen molar-refractivity contribution in [2.24, 2.45) is 10.9 Å². The van der Waals surface area contributed by atoms with Crippen LogP contribution in [0.4, 0.5) is 0 Å². The van der Waals surface area contributed by atoms with Crippen LogP contribution >= 0.6 is 24.0 Å². The number of halogens is 1. The van der Waals surface area contributed by atoms with Crippen LogP contribution in [-0.4, -0.2) is 57.7 Å². The zero-order valence-electron chi connectivity index (χ0n) is 16.2. The highest BCUT2D eigenvalue weighted by Gasteiger charge is 2.29. The van der Waals surface area contributed by atoms with E-state index in [-0.39, 0.29) is 35.8 Å². The molecule has 0 saturated heterocycles. The third-order valence-electron chi connectivity index (χ3n) is 4.88. The Labute approximate surface area is 177 Å². The van der Waals surface area contributed by atoms with Crippen LogP contribution in [0.15, 0.2) is 17.1 Å². The lowest BCUT2D eigenvalue weighted by Crippen LogP contribution is -2.46. The van der Waals surface area contributed by atoms with Crippen molar-refractivity contribution in [2.75, 3.05) is 40.9 Å². The van der Waals surface area contributed by atoms with Gasteiger partial charge in [0.2, 0.25) is 5.91 Å². The van der Waals surface area contributed by atoms with Gasteiger partial charge in [0.15, 0.2) is 17.5 Å². The lowest BCUT2D eigenvalue weighted by molar-refractivity contribution is -0.122. The molecule has 0 aromatic heterocycles. The summed E-state index contributed by atoms with van der Waals surface area (Å²) < 4.78 is 10.8.